The number of aryl methyl sites for hydroxylation is 1. The highest BCUT2D eigenvalue weighted by molar-refractivity contribution is 7.12. The zero-order chi connectivity index (χ0) is 17.1. The van der Waals surface area contributed by atoms with Crippen molar-refractivity contribution in [2.75, 3.05) is 33.8 Å². The number of amides is 1. The molecule has 0 radical (unpaired) electrons. The lowest BCUT2D eigenvalue weighted by molar-refractivity contribution is -0.138. The van der Waals surface area contributed by atoms with Gasteiger partial charge in [0.05, 0.1) is 19.6 Å². The maximum atomic E-state index is 12.5. The number of imidazole rings is 1. The number of aromatic nitrogens is 2. The first kappa shape index (κ1) is 17.1. The predicted molar refractivity (Wildman–Crippen MR) is 94.0 cm³/mol. The van der Waals surface area contributed by atoms with Crippen molar-refractivity contribution in [3.63, 3.8) is 0 Å². The van der Waals surface area contributed by atoms with Gasteiger partial charge in [-0.1, -0.05) is 0 Å². The van der Waals surface area contributed by atoms with Gasteiger partial charge in [0.2, 0.25) is 5.91 Å². The van der Waals surface area contributed by atoms with Crippen molar-refractivity contribution in [3.8, 4) is 0 Å². The second kappa shape index (κ2) is 7.46. The minimum Gasteiger partial charge on any atom is -0.367 e. The number of rotatable bonds is 5. The molecule has 6 nitrogen and oxygen atoms in total. The van der Waals surface area contributed by atoms with E-state index in [-0.39, 0.29) is 12.0 Å². The van der Waals surface area contributed by atoms with Gasteiger partial charge in [0.15, 0.2) is 0 Å². The third kappa shape index (κ3) is 4.23. The van der Waals surface area contributed by atoms with Gasteiger partial charge in [-0.3, -0.25) is 4.79 Å². The summed E-state index contributed by atoms with van der Waals surface area (Å²) in [6, 6.07) is 4.10. The topological polar surface area (TPSA) is 61.5 Å². The molecule has 7 heteroatoms. The van der Waals surface area contributed by atoms with Crippen molar-refractivity contribution in [3.05, 3.63) is 39.6 Å². The molecule has 1 amide bonds. The number of nitrogens with one attached hydrogen (secondary N) is 1. The Kier molecular flexibility index (Phi) is 5.33. The average Bonchev–Trinajstić information content (AvgIpc) is 3.16. The number of nitrogens with zero attached hydrogens (tertiary/aromatic N) is 3. The number of carbonyl (C=O) groups is 1. The third-order valence-corrected chi connectivity index (χ3v) is 4.98. The number of H-pyrrole nitrogens is 1. The highest BCUT2D eigenvalue weighted by Gasteiger charge is 2.27. The Morgan fingerprint density at radius 1 is 1.50 bits per heavy atom. The molecule has 1 aliphatic heterocycles. The molecule has 2 aromatic heterocycles. The van der Waals surface area contributed by atoms with Crippen LogP contribution in [0.15, 0.2) is 18.3 Å². The quantitative estimate of drug-likeness (QED) is 0.898. The highest BCUT2D eigenvalue weighted by Crippen LogP contribution is 2.22. The van der Waals surface area contributed by atoms with Crippen molar-refractivity contribution in [1.82, 2.24) is 19.8 Å². The molecule has 130 valence electrons. The summed E-state index contributed by atoms with van der Waals surface area (Å²) in [5, 5.41) is 0. The van der Waals surface area contributed by atoms with Crippen LogP contribution >= 0.6 is 11.3 Å². The standard InChI is InChI=1S/C17H24N4O2S/c1-12-4-5-14(24-12)8-16(22)21-6-7-23-15(11-21)17-18-9-13(19-17)10-20(2)3/h4-5,9,15H,6-8,10-11H2,1-3H3,(H,18,19)/t15-/m0/s1. The van der Waals surface area contributed by atoms with Crippen LogP contribution in [0.25, 0.3) is 0 Å². The Morgan fingerprint density at radius 3 is 3.04 bits per heavy atom. The zero-order valence-electron chi connectivity index (χ0n) is 14.4. The second-order valence-corrected chi connectivity index (χ2v) is 7.79. The molecule has 0 aromatic carbocycles. The van der Waals surface area contributed by atoms with Crippen LogP contribution in [0.1, 0.15) is 27.4 Å². The molecule has 1 atom stereocenters. The van der Waals surface area contributed by atoms with E-state index in [9.17, 15) is 4.79 Å². The zero-order valence-corrected chi connectivity index (χ0v) is 15.2. The molecule has 1 fully saturated rings. The Hall–Kier alpha value is -1.70. The molecule has 1 aliphatic rings. The fourth-order valence-electron chi connectivity index (χ4n) is 2.84. The Bertz CT molecular complexity index is 694. The largest absolute Gasteiger partial charge is 0.367 e. The van der Waals surface area contributed by atoms with Crippen molar-refractivity contribution in [1.29, 1.82) is 0 Å². The summed E-state index contributed by atoms with van der Waals surface area (Å²) >= 11 is 1.68. The lowest BCUT2D eigenvalue weighted by Gasteiger charge is -2.32. The SMILES string of the molecule is Cc1ccc(CC(=O)N2CCO[C@H](c3ncc(CN(C)C)[nH]3)C2)s1. The maximum Gasteiger partial charge on any atom is 0.228 e. The summed E-state index contributed by atoms with van der Waals surface area (Å²) in [4.78, 5) is 26.6. The van der Waals surface area contributed by atoms with E-state index in [0.717, 1.165) is 22.9 Å². The van der Waals surface area contributed by atoms with Gasteiger partial charge >= 0.3 is 0 Å². The van der Waals surface area contributed by atoms with Crippen LogP contribution in [0.2, 0.25) is 0 Å². The first-order chi connectivity index (χ1) is 11.5. The summed E-state index contributed by atoms with van der Waals surface area (Å²) in [6.45, 7) is 4.61. The molecule has 0 saturated carbocycles. The van der Waals surface area contributed by atoms with E-state index >= 15 is 0 Å². The first-order valence-corrected chi connectivity index (χ1v) is 8.96. The van der Waals surface area contributed by atoms with E-state index in [4.69, 9.17) is 4.74 Å². The molecule has 3 heterocycles. The van der Waals surface area contributed by atoms with Gasteiger partial charge < -0.3 is 19.5 Å². The molecule has 2 aromatic rings. The van der Waals surface area contributed by atoms with Gasteiger partial charge in [0.1, 0.15) is 11.9 Å². The van der Waals surface area contributed by atoms with Crippen molar-refractivity contribution >= 4 is 17.2 Å². The van der Waals surface area contributed by atoms with Gasteiger partial charge in [0, 0.05) is 34.7 Å². The molecule has 3 rings (SSSR count). The number of morpholine rings is 1. The van der Waals surface area contributed by atoms with Crippen molar-refractivity contribution in [2.45, 2.75) is 26.0 Å². The predicted octanol–water partition coefficient (Wildman–Crippen LogP) is 1.98. The number of ether oxygens (including phenoxy) is 1. The highest BCUT2D eigenvalue weighted by atomic mass is 32.1. The lowest BCUT2D eigenvalue weighted by atomic mass is 10.2. The summed E-state index contributed by atoms with van der Waals surface area (Å²) in [5.74, 6) is 0.960. The van der Waals surface area contributed by atoms with Gasteiger partial charge in [-0.2, -0.15) is 0 Å². The smallest absolute Gasteiger partial charge is 0.228 e. The Labute approximate surface area is 146 Å². The molecule has 0 bridgehead atoms. The molecule has 1 N–H and O–H groups in total. The summed E-state index contributed by atoms with van der Waals surface area (Å²) in [6.07, 6.45) is 2.13. The van der Waals surface area contributed by atoms with Crippen LogP contribution in [0, 0.1) is 6.92 Å². The van der Waals surface area contributed by atoms with Crippen molar-refractivity contribution < 1.29 is 9.53 Å². The van der Waals surface area contributed by atoms with Gasteiger partial charge in [-0.05, 0) is 33.2 Å². The molecule has 0 spiro atoms. The fourth-order valence-corrected chi connectivity index (χ4v) is 3.72. The van der Waals surface area contributed by atoms with Crippen LogP contribution in [-0.4, -0.2) is 59.5 Å². The lowest BCUT2D eigenvalue weighted by Crippen LogP contribution is -2.43. The van der Waals surface area contributed by atoms with Gasteiger partial charge in [-0.25, -0.2) is 4.98 Å². The Balaban J connectivity index is 1.61. The fraction of sp³-hybridized carbons (Fsp3) is 0.529. The summed E-state index contributed by atoms with van der Waals surface area (Å²) < 4.78 is 5.82. The van der Waals surface area contributed by atoms with E-state index in [0.29, 0.717) is 26.1 Å². The number of thiophene rings is 1. The van der Waals surface area contributed by atoms with Crippen molar-refractivity contribution in [2.24, 2.45) is 0 Å². The summed E-state index contributed by atoms with van der Waals surface area (Å²) in [5.41, 5.74) is 1.05. The number of carbonyl (C=O) groups excluding carboxylic acids is 1. The van der Waals surface area contributed by atoms with E-state index < -0.39 is 0 Å². The Morgan fingerprint density at radius 2 is 2.33 bits per heavy atom. The first-order valence-electron chi connectivity index (χ1n) is 8.14. The monoisotopic (exact) mass is 348 g/mol. The van der Waals surface area contributed by atoms with E-state index in [1.807, 2.05) is 31.3 Å². The minimum absolute atomic E-state index is 0.158. The minimum atomic E-state index is -0.177. The number of aromatic amines is 1. The molecule has 0 aliphatic carbocycles. The van der Waals surface area contributed by atoms with Gasteiger partial charge in [-0.15, -0.1) is 11.3 Å². The number of hydrogen-bond acceptors (Lipinski definition) is 5. The third-order valence-electron chi connectivity index (χ3n) is 3.98. The average molecular weight is 348 g/mol. The summed E-state index contributed by atoms with van der Waals surface area (Å²) in [7, 11) is 4.04. The normalized spacial score (nSPS) is 18.3. The second-order valence-electron chi connectivity index (χ2n) is 6.42. The van der Waals surface area contributed by atoms with Gasteiger partial charge in [0.25, 0.3) is 0 Å². The van der Waals surface area contributed by atoms with E-state index in [1.54, 1.807) is 11.3 Å². The molecular formula is C17H24N4O2S. The molecule has 1 saturated heterocycles. The van der Waals surface area contributed by atoms with Crippen LogP contribution in [0.4, 0.5) is 0 Å². The molecule has 24 heavy (non-hydrogen) atoms. The van der Waals surface area contributed by atoms with Crippen LogP contribution in [-0.2, 0) is 22.5 Å². The van der Waals surface area contributed by atoms with Crippen LogP contribution < -0.4 is 0 Å². The maximum absolute atomic E-state index is 12.5. The van der Waals surface area contributed by atoms with Crippen LogP contribution in [0.3, 0.4) is 0 Å². The van der Waals surface area contributed by atoms with E-state index in [1.165, 1.54) is 4.88 Å². The van der Waals surface area contributed by atoms with E-state index in [2.05, 4.69) is 27.9 Å². The number of hydrogen-bond donors (Lipinski definition) is 1. The molecular weight excluding hydrogens is 324 g/mol. The molecule has 0 unspecified atom stereocenters. The van der Waals surface area contributed by atoms with Crippen LogP contribution in [0.5, 0.6) is 0 Å².